The molecule has 4 heterocycles. The zero-order valence-corrected chi connectivity index (χ0v) is 21.4. The maximum absolute atomic E-state index is 13.9. The van der Waals surface area contributed by atoms with Gasteiger partial charge in [-0.1, -0.05) is 18.5 Å². The molecule has 0 spiro atoms. The zero-order chi connectivity index (χ0) is 26.2. The van der Waals surface area contributed by atoms with E-state index >= 15 is 0 Å². The molecule has 4 rings (SSSR count). The summed E-state index contributed by atoms with van der Waals surface area (Å²) >= 11 is 6.37. The number of hydrogen-bond acceptors (Lipinski definition) is 5. The molecule has 36 heavy (non-hydrogen) atoms. The van der Waals surface area contributed by atoms with Crippen molar-refractivity contribution in [1.82, 2.24) is 24.3 Å². The van der Waals surface area contributed by atoms with Crippen molar-refractivity contribution in [2.75, 3.05) is 0 Å². The first-order valence-electron chi connectivity index (χ1n) is 11.4. The van der Waals surface area contributed by atoms with Crippen LogP contribution >= 0.6 is 11.6 Å². The van der Waals surface area contributed by atoms with Crippen molar-refractivity contribution in [1.29, 1.82) is 0 Å². The number of aromatic nitrogens is 5. The first-order chi connectivity index (χ1) is 17.0. The van der Waals surface area contributed by atoms with Gasteiger partial charge in [-0.15, -0.1) is 0 Å². The SMILES string of the molecule is CCC(C)(C)n1ccc(-c2cc(-n3c(C)cc(OCc4ncc(F)cc4F)c(Cl)c3=O)c(C)cn2)n1. The summed E-state index contributed by atoms with van der Waals surface area (Å²) < 4.78 is 36.0. The van der Waals surface area contributed by atoms with Crippen LogP contribution in [0.15, 0.2) is 47.7 Å². The third kappa shape index (κ3) is 4.88. The van der Waals surface area contributed by atoms with Crippen molar-refractivity contribution in [2.24, 2.45) is 0 Å². The summed E-state index contributed by atoms with van der Waals surface area (Å²) in [5.74, 6) is -1.56. The van der Waals surface area contributed by atoms with E-state index in [2.05, 4.69) is 30.7 Å². The monoisotopic (exact) mass is 513 g/mol. The van der Waals surface area contributed by atoms with Crippen LogP contribution in [-0.4, -0.2) is 24.3 Å². The van der Waals surface area contributed by atoms with Gasteiger partial charge in [0.2, 0.25) is 0 Å². The van der Waals surface area contributed by atoms with Crippen LogP contribution < -0.4 is 10.3 Å². The fourth-order valence-electron chi connectivity index (χ4n) is 3.63. The summed E-state index contributed by atoms with van der Waals surface area (Å²) in [5, 5.41) is 4.52. The molecule has 0 radical (unpaired) electrons. The van der Waals surface area contributed by atoms with Crippen LogP contribution in [0.25, 0.3) is 17.1 Å². The standard InChI is InChI=1S/C26H26ClF2N5O2/c1-6-26(4,5)33-8-7-19(32-33)20-11-22(15(2)12-30-20)34-16(3)9-23(24(27)25(34)35)36-14-21-18(29)10-17(28)13-31-21/h7-13H,6,14H2,1-5H3. The van der Waals surface area contributed by atoms with Gasteiger partial charge in [0, 0.05) is 30.2 Å². The lowest BCUT2D eigenvalue weighted by atomic mass is 10.0. The minimum Gasteiger partial charge on any atom is -0.485 e. The molecule has 0 aliphatic rings. The molecule has 0 bridgehead atoms. The van der Waals surface area contributed by atoms with Gasteiger partial charge in [0.15, 0.2) is 5.82 Å². The van der Waals surface area contributed by atoms with Crippen LogP contribution in [0.5, 0.6) is 5.75 Å². The average molecular weight is 514 g/mol. The summed E-state index contributed by atoms with van der Waals surface area (Å²) in [7, 11) is 0. The molecular formula is C26H26ClF2N5O2. The summed E-state index contributed by atoms with van der Waals surface area (Å²) in [6.07, 6.45) is 5.40. The van der Waals surface area contributed by atoms with Crippen molar-refractivity contribution >= 4 is 11.6 Å². The fourth-order valence-corrected chi connectivity index (χ4v) is 3.83. The lowest BCUT2D eigenvalue weighted by Gasteiger charge is -2.23. The van der Waals surface area contributed by atoms with Gasteiger partial charge in [0.05, 0.1) is 23.1 Å². The lowest BCUT2D eigenvalue weighted by Crippen LogP contribution is -2.25. The number of ether oxygens (including phenoxy) is 1. The number of halogens is 3. The van der Waals surface area contributed by atoms with Crippen LogP contribution in [0.4, 0.5) is 8.78 Å². The van der Waals surface area contributed by atoms with Crippen LogP contribution in [0.1, 0.15) is 44.1 Å². The highest BCUT2D eigenvalue weighted by Crippen LogP contribution is 2.28. The van der Waals surface area contributed by atoms with E-state index in [0.717, 1.165) is 18.2 Å². The molecule has 0 atom stereocenters. The van der Waals surface area contributed by atoms with Gasteiger partial charge in [0.25, 0.3) is 5.56 Å². The van der Waals surface area contributed by atoms with Crippen molar-refractivity contribution < 1.29 is 13.5 Å². The third-order valence-electron chi connectivity index (χ3n) is 6.20. The van der Waals surface area contributed by atoms with E-state index < -0.39 is 17.2 Å². The summed E-state index contributed by atoms with van der Waals surface area (Å²) in [6.45, 7) is 9.57. The van der Waals surface area contributed by atoms with E-state index in [1.165, 1.54) is 4.57 Å². The number of nitrogens with zero attached hydrogens (tertiary/aromatic N) is 5. The highest BCUT2D eigenvalue weighted by molar-refractivity contribution is 6.31. The molecule has 0 saturated carbocycles. The molecule has 0 unspecified atom stereocenters. The number of aryl methyl sites for hydroxylation is 2. The molecule has 188 valence electrons. The molecule has 4 aromatic heterocycles. The van der Waals surface area contributed by atoms with Gasteiger partial charge in [-0.25, -0.2) is 8.78 Å². The summed E-state index contributed by atoms with van der Waals surface area (Å²) in [6, 6.07) is 5.99. The first kappa shape index (κ1) is 25.5. The van der Waals surface area contributed by atoms with E-state index in [0.29, 0.717) is 28.8 Å². The molecule has 4 aromatic rings. The van der Waals surface area contributed by atoms with Crippen molar-refractivity contribution in [3.05, 3.63) is 86.8 Å². The van der Waals surface area contributed by atoms with Crippen molar-refractivity contribution in [3.63, 3.8) is 0 Å². The second-order valence-corrected chi connectivity index (χ2v) is 9.52. The molecule has 0 saturated heterocycles. The maximum atomic E-state index is 13.9. The van der Waals surface area contributed by atoms with E-state index in [4.69, 9.17) is 21.4 Å². The molecule has 0 fully saturated rings. The van der Waals surface area contributed by atoms with Crippen LogP contribution in [0, 0.1) is 25.5 Å². The molecule has 0 amide bonds. The van der Waals surface area contributed by atoms with Crippen LogP contribution in [0.2, 0.25) is 5.02 Å². The Morgan fingerprint density at radius 1 is 1.08 bits per heavy atom. The van der Waals surface area contributed by atoms with Gasteiger partial charge in [-0.2, -0.15) is 5.10 Å². The zero-order valence-electron chi connectivity index (χ0n) is 20.6. The van der Waals surface area contributed by atoms with Crippen LogP contribution in [-0.2, 0) is 12.1 Å². The number of pyridine rings is 3. The van der Waals surface area contributed by atoms with Crippen molar-refractivity contribution in [2.45, 2.75) is 53.2 Å². The predicted octanol–water partition coefficient (Wildman–Crippen LogP) is 5.76. The molecule has 0 aliphatic heterocycles. The average Bonchev–Trinajstić information content (AvgIpc) is 3.34. The molecular weight excluding hydrogens is 488 g/mol. The van der Waals surface area contributed by atoms with Gasteiger partial charge >= 0.3 is 0 Å². The topological polar surface area (TPSA) is 74.8 Å². The Bertz CT molecular complexity index is 1500. The minimum atomic E-state index is -0.846. The van der Waals surface area contributed by atoms with E-state index in [-0.39, 0.29) is 28.6 Å². The maximum Gasteiger partial charge on any atom is 0.277 e. The predicted molar refractivity (Wildman–Crippen MR) is 134 cm³/mol. The van der Waals surface area contributed by atoms with E-state index in [9.17, 15) is 13.6 Å². The molecule has 0 aromatic carbocycles. The number of rotatable bonds is 7. The Labute approximate surface area is 212 Å². The summed E-state index contributed by atoms with van der Waals surface area (Å²) in [4.78, 5) is 21.5. The summed E-state index contributed by atoms with van der Waals surface area (Å²) in [5.41, 5.74) is 2.46. The second kappa shape index (κ2) is 9.81. The van der Waals surface area contributed by atoms with Gasteiger partial charge in [-0.05, 0) is 51.8 Å². The first-order valence-corrected chi connectivity index (χ1v) is 11.8. The molecule has 0 aliphatic carbocycles. The normalized spacial score (nSPS) is 11.7. The Hall–Kier alpha value is -3.59. The quantitative estimate of drug-likeness (QED) is 0.314. The van der Waals surface area contributed by atoms with Gasteiger partial charge < -0.3 is 4.74 Å². The second-order valence-electron chi connectivity index (χ2n) is 9.14. The lowest BCUT2D eigenvalue weighted by molar-refractivity contribution is 0.292. The van der Waals surface area contributed by atoms with E-state index in [1.807, 2.05) is 23.9 Å². The highest BCUT2D eigenvalue weighted by atomic mass is 35.5. The molecule has 10 heteroatoms. The largest absolute Gasteiger partial charge is 0.485 e. The molecule has 7 nitrogen and oxygen atoms in total. The fraction of sp³-hybridized carbons (Fsp3) is 0.308. The van der Waals surface area contributed by atoms with Crippen molar-refractivity contribution in [3.8, 4) is 22.8 Å². The molecule has 0 N–H and O–H groups in total. The third-order valence-corrected chi connectivity index (χ3v) is 6.55. The minimum absolute atomic E-state index is 0.0772. The van der Waals surface area contributed by atoms with Crippen LogP contribution in [0.3, 0.4) is 0 Å². The number of hydrogen-bond donors (Lipinski definition) is 0. The Balaban J connectivity index is 1.69. The Kier molecular flexibility index (Phi) is 6.95. The van der Waals surface area contributed by atoms with E-state index in [1.54, 1.807) is 25.3 Å². The smallest absolute Gasteiger partial charge is 0.277 e. The Morgan fingerprint density at radius 2 is 1.83 bits per heavy atom. The highest BCUT2D eigenvalue weighted by Gasteiger charge is 2.21. The van der Waals surface area contributed by atoms with Gasteiger partial charge in [0.1, 0.15) is 34.6 Å². The Morgan fingerprint density at radius 3 is 2.53 bits per heavy atom. The van der Waals surface area contributed by atoms with Gasteiger partial charge in [-0.3, -0.25) is 24.0 Å².